The van der Waals surface area contributed by atoms with Gasteiger partial charge >= 0.3 is 5.97 Å². The maximum absolute atomic E-state index is 13.6. The Morgan fingerprint density at radius 2 is 1.80 bits per heavy atom. The number of nitrogens with zero attached hydrogens (tertiary/aromatic N) is 2. The van der Waals surface area contributed by atoms with Gasteiger partial charge in [0.25, 0.3) is 0 Å². The average Bonchev–Trinajstić information content (AvgIpc) is 3.48. The SMILES string of the molecule is CC(C)C(CC(=O)NCCc1cn(C)c2ccccc12)C(=O)NC(CC(=O)O)C(=O)CN(C12CCC(CC1=O)C2(C)C)S(C)(=O)=O. The lowest BCUT2D eigenvalue weighted by Crippen LogP contribution is -2.62. The highest BCUT2D eigenvalue weighted by atomic mass is 32.2. The van der Waals surface area contributed by atoms with Crippen LogP contribution in [0.25, 0.3) is 10.9 Å². The third-order valence-corrected chi connectivity index (χ3v) is 11.5. The largest absolute Gasteiger partial charge is 0.481 e. The summed E-state index contributed by atoms with van der Waals surface area (Å²) in [6, 6.07) is 6.39. The second-order valence-corrected chi connectivity index (χ2v) is 15.7. The average molecular weight is 659 g/mol. The highest BCUT2D eigenvalue weighted by Gasteiger charge is 2.68. The van der Waals surface area contributed by atoms with Crippen molar-refractivity contribution in [2.24, 2.45) is 30.2 Å². The molecule has 2 aromatic rings. The van der Waals surface area contributed by atoms with E-state index in [0.717, 1.165) is 27.0 Å². The molecule has 0 spiro atoms. The van der Waals surface area contributed by atoms with Crippen LogP contribution in [0.4, 0.5) is 0 Å². The number of amides is 2. The van der Waals surface area contributed by atoms with Crippen molar-refractivity contribution < 1.29 is 37.5 Å². The van der Waals surface area contributed by atoms with Gasteiger partial charge in [-0.3, -0.25) is 24.0 Å². The van der Waals surface area contributed by atoms with Crippen LogP contribution in [0.3, 0.4) is 0 Å². The number of carbonyl (C=O) groups is 5. The van der Waals surface area contributed by atoms with E-state index in [4.69, 9.17) is 0 Å². The number of carboxylic acids is 1. The summed E-state index contributed by atoms with van der Waals surface area (Å²) in [7, 11) is -2.14. The van der Waals surface area contributed by atoms with E-state index in [-0.39, 0.29) is 42.8 Å². The van der Waals surface area contributed by atoms with Crippen LogP contribution in [0, 0.1) is 23.2 Å². The molecule has 46 heavy (non-hydrogen) atoms. The minimum Gasteiger partial charge on any atom is -0.481 e. The molecule has 12 nitrogen and oxygen atoms in total. The zero-order valence-corrected chi connectivity index (χ0v) is 28.3. The second kappa shape index (κ2) is 13.3. The molecule has 1 aromatic heterocycles. The Morgan fingerprint density at radius 1 is 1.13 bits per heavy atom. The predicted molar refractivity (Wildman–Crippen MR) is 172 cm³/mol. The molecule has 2 saturated carbocycles. The smallest absolute Gasteiger partial charge is 0.305 e. The van der Waals surface area contributed by atoms with Gasteiger partial charge in [-0.15, -0.1) is 0 Å². The van der Waals surface area contributed by atoms with Crippen LogP contribution >= 0.6 is 0 Å². The number of aromatic nitrogens is 1. The standard InChI is InChI=1S/C33H46N4O8S/c1-20(2)24(16-29(40)34-14-12-21-18-36(5)26-10-8-7-9-23(21)26)31(43)35-25(17-30(41)42)27(38)19-37(46(6,44)45)33-13-11-22(15-28(33)39)32(33,3)4/h7-10,18,20,22,24-25H,11-17,19H2,1-6H3,(H,34,40)(H,35,43)(H,41,42). The zero-order chi connectivity index (χ0) is 34.2. The molecule has 4 unspecified atom stereocenters. The van der Waals surface area contributed by atoms with Crippen molar-refractivity contribution in [2.45, 2.75) is 77.8 Å². The summed E-state index contributed by atoms with van der Waals surface area (Å²) in [4.78, 5) is 65.0. The molecule has 0 saturated heterocycles. The Bertz CT molecular complexity index is 1650. The first-order valence-corrected chi connectivity index (χ1v) is 17.6. The minimum absolute atomic E-state index is 0.0288. The Morgan fingerprint density at radius 3 is 2.37 bits per heavy atom. The quantitative estimate of drug-likeness (QED) is 0.262. The molecule has 1 heterocycles. The van der Waals surface area contributed by atoms with Gasteiger partial charge in [0.15, 0.2) is 11.6 Å². The van der Waals surface area contributed by atoms with Gasteiger partial charge in [-0.05, 0) is 48.1 Å². The van der Waals surface area contributed by atoms with Crippen LogP contribution in [0.1, 0.15) is 65.4 Å². The number of rotatable bonds is 15. The molecule has 2 fully saturated rings. The third kappa shape index (κ3) is 6.76. The van der Waals surface area contributed by atoms with E-state index in [1.165, 1.54) is 0 Å². The number of aliphatic carboxylic acids is 1. The summed E-state index contributed by atoms with van der Waals surface area (Å²) in [6.45, 7) is 6.75. The molecule has 2 amide bonds. The normalized spacial score (nSPS) is 21.9. The fraction of sp³-hybridized carbons (Fsp3) is 0.606. The van der Waals surface area contributed by atoms with Gasteiger partial charge in [0, 0.05) is 49.5 Å². The van der Waals surface area contributed by atoms with E-state index >= 15 is 0 Å². The lowest BCUT2D eigenvalue weighted by atomic mass is 9.75. The van der Waals surface area contributed by atoms with E-state index in [2.05, 4.69) is 10.6 Å². The number of fused-ring (bicyclic) bond motifs is 3. The zero-order valence-electron chi connectivity index (χ0n) is 27.5. The van der Waals surface area contributed by atoms with Crippen molar-refractivity contribution in [3.8, 4) is 0 Å². The summed E-state index contributed by atoms with van der Waals surface area (Å²) >= 11 is 0. The molecule has 252 valence electrons. The van der Waals surface area contributed by atoms with Gasteiger partial charge in [0.1, 0.15) is 0 Å². The second-order valence-electron chi connectivity index (χ2n) is 13.8. The minimum atomic E-state index is -4.09. The maximum Gasteiger partial charge on any atom is 0.305 e. The molecule has 0 radical (unpaired) electrons. The molecule has 2 aliphatic rings. The summed E-state index contributed by atoms with van der Waals surface area (Å²) in [6.07, 6.45) is 3.68. The van der Waals surface area contributed by atoms with E-state index in [9.17, 15) is 37.5 Å². The number of benzene rings is 1. The molecule has 4 rings (SSSR count). The number of para-hydroxylation sites is 1. The third-order valence-electron chi connectivity index (χ3n) is 10.3. The maximum atomic E-state index is 13.6. The van der Waals surface area contributed by atoms with Crippen molar-refractivity contribution in [1.82, 2.24) is 19.5 Å². The van der Waals surface area contributed by atoms with E-state index in [1.54, 1.807) is 13.8 Å². The van der Waals surface area contributed by atoms with Crippen molar-refractivity contribution >= 4 is 50.3 Å². The van der Waals surface area contributed by atoms with Crippen molar-refractivity contribution in [3.63, 3.8) is 0 Å². The summed E-state index contributed by atoms with van der Waals surface area (Å²) < 4.78 is 29.1. The molecule has 3 N–H and O–H groups in total. The Kier molecular flexibility index (Phi) is 10.2. The van der Waals surface area contributed by atoms with Crippen molar-refractivity contribution in [3.05, 3.63) is 36.0 Å². The lowest BCUT2D eigenvalue weighted by molar-refractivity contribution is -0.142. The number of Topliss-reactive ketones (excluding diaryl/α,β-unsaturated/α-hetero) is 2. The van der Waals surface area contributed by atoms with Gasteiger partial charge in [-0.2, -0.15) is 4.31 Å². The number of hydrogen-bond donors (Lipinski definition) is 3. The highest BCUT2D eigenvalue weighted by Crippen LogP contribution is 2.61. The van der Waals surface area contributed by atoms with Gasteiger partial charge in [-0.25, -0.2) is 8.42 Å². The first-order valence-electron chi connectivity index (χ1n) is 15.8. The first-order chi connectivity index (χ1) is 21.4. The number of nitrogens with one attached hydrogen (secondary N) is 2. The molecule has 13 heteroatoms. The first kappa shape index (κ1) is 35.3. The van der Waals surface area contributed by atoms with Gasteiger partial charge < -0.3 is 20.3 Å². The fourth-order valence-electron chi connectivity index (χ4n) is 7.59. The monoisotopic (exact) mass is 658 g/mol. The molecular weight excluding hydrogens is 612 g/mol. The van der Waals surface area contributed by atoms with Gasteiger partial charge in [0.05, 0.1) is 30.8 Å². The fourth-order valence-corrected chi connectivity index (χ4v) is 8.94. The van der Waals surface area contributed by atoms with Crippen LogP contribution in [-0.2, 0) is 47.5 Å². The van der Waals surface area contributed by atoms with Crippen LogP contribution < -0.4 is 10.6 Å². The number of aryl methyl sites for hydroxylation is 1. The molecule has 4 atom stereocenters. The summed E-state index contributed by atoms with van der Waals surface area (Å²) in [5.74, 6) is -4.74. The molecule has 1 aromatic carbocycles. The van der Waals surface area contributed by atoms with Crippen LogP contribution in [0.5, 0.6) is 0 Å². The Balaban J connectivity index is 1.44. The predicted octanol–water partition coefficient (Wildman–Crippen LogP) is 2.44. The number of sulfonamides is 1. The van der Waals surface area contributed by atoms with Crippen LogP contribution in [-0.4, -0.2) is 82.7 Å². The number of ketones is 2. The van der Waals surface area contributed by atoms with E-state index < -0.39 is 63.6 Å². The lowest BCUT2D eigenvalue weighted by Gasteiger charge is -2.44. The van der Waals surface area contributed by atoms with Crippen molar-refractivity contribution in [2.75, 3.05) is 19.3 Å². The summed E-state index contributed by atoms with van der Waals surface area (Å²) in [5, 5.41) is 16.0. The Hall–Kier alpha value is -3.58. The van der Waals surface area contributed by atoms with Crippen LogP contribution in [0.2, 0.25) is 0 Å². The number of carboxylic acid groups (broad SMARTS) is 1. The van der Waals surface area contributed by atoms with E-state index in [1.807, 2.05) is 55.9 Å². The van der Waals surface area contributed by atoms with E-state index in [0.29, 0.717) is 19.4 Å². The topological polar surface area (TPSA) is 172 Å². The molecule has 2 aliphatic carbocycles. The Labute approximate surface area is 270 Å². The van der Waals surface area contributed by atoms with Crippen molar-refractivity contribution in [1.29, 1.82) is 0 Å². The number of hydrogen-bond acceptors (Lipinski definition) is 7. The van der Waals surface area contributed by atoms with Gasteiger partial charge in [-0.1, -0.05) is 45.9 Å². The van der Waals surface area contributed by atoms with Gasteiger partial charge in [0.2, 0.25) is 21.8 Å². The number of carbonyl (C=O) groups excluding carboxylic acids is 4. The van der Waals surface area contributed by atoms with Crippen LogP contribution in [0.15, 0.2) is 30.5 Å². The molecular formula is C33H46N4O8S. The molecule has 0 aliphatic heterocycles. The summed E-state index contributed by atoms with van der Waals surface area (Å²) in [5.41, 5.74) is 0.0209. The highest BCUT2D eigenvalue weighted by molar-refractivity contribution is 7.88. The molecule has 2 bridgehead atoms.